The van der Waals surface area contributed by atoms with Gasteiger partial charge in [-0.2, -0.15) is 4.99 Å². The molecule has 0 unspecified atom stereocenters. The van der Waals surface area contributed by atoms with E-state index >= 15 is 0 Å². The van der Waals surface area contributed by atoms with E-state index < -0.39 is 15.7 Å². The zero-order chi connectivity index (χ0) is 20.2. The summed E-state index contributed by atoms with van der Waals surface area (Å²) in [5, 5.41) is 0.835. The summed E-state index contributed by atoms with van der Waals surface area (Å²) in [5.41, 5.74) is 1.13. The first-order valence-electron chi connectivity index (χ1n) is 8.84. The molecule has 10 heteroatoms. The molecule has 0 spiro atoms. The number of hydrogen-bond acceptors (Lipinski definition) is 6. The van der Waals surface area contributed by atoms with E-state index in [9.17, 15) is 13.2 Å². The van der Waals surface area contributed by atoms with E-state index in [0.717, 1.165) is 0 Å². The number of benzene rings is 2. The molecule has 0 saturated carbocycles. The second kappa shape index (κ2) is 6.93. The van der Waals surface area contributed by atoms with Gasteiger partial charge in [-0.1, -0.05) is 23.4 Å². The summed E-state index contributed by atoms with van der Waals surface area (Å²) in [5.74, 6) is 0.898. The van der Waals surface area contributed by atoms with E-state index in [1.54, 1.807) is 36.4 Å². The molecule has 0 bridgehead atoms. The van der Waals surface area contributed by atoms with Crippen LogP contribution >= 0.6 is 23.4 Å². The van der Waals surface area contributed by atoms with Crippen LogP contribution in [0.15, 0.2) is 47.5 Å². The van der Waals surface area contributed by atoms with Crippen LogP contribution in [0.25, 0.3) is 0 Å². The summed E-state index contributed by atoms with van der Waals surface area (Å²) in [6.45, 7) is 0.143. The molecule has 2 atom stereocenters. The second-order valence-electron chi connectivity index (χ2n) is 6.91. The summed E-state index contributed by atoms with van der Waals surface area (Å²) in [6, 6.07) is 11.6. The average Bonchev–Trinajstić information content (AvgIpc) is 3.33. The van der Waals surface area contributed by atoms with Crippen LogP contribution in [0.2, 0.25) is 5.02 Å². The van der Waals surface area contributed by atoms with Crippen molar-refractivity contribution in [3.63, 3.8) is 0 Å². The fraction of sp³-hybridized carbons (Fsp3) is 0.263. The molecule has 2 aromatic carbocycles. The average molecular weight is 451 g/mol. The molecule has 5 rings (SSSR count). The Bertz CT molecular complexity index is 1130. The van der Waals surface area contributed by atoms with Gasteiger partial charge < -0.3 is 14.4 Å². The molecular formula is C19H15ClN2O5S2. The molecule has 2 saturated heterocycles. The molecule has 2 aromatic rings. The highest BCUT2D eigenvalue weighted by Gasteiger charge is 2.49. The van der Waals surface area contributed by atoms with Crippen LogP contribution in [-0.4, -0.2) is 49.1 Å². The lowest BCUT2D eigenvalue weighted by Gasteiger charge is -2.24. The SMILES string of the molecule is O=C(N=C1S[C@H]2CS(=O)(=O)C[C@@H]2N1c1ccc2c(c1)OCO2)c1ccc(Cl)cc1. The van der Waals surface area contributed by atoms with Crippen LogP contribution in [0.3, 0.4) is 0 Å². The van der Waals surface area contributed by atoms with Gasteiger partial charge in [0.1, 0.15) is 0 Å². The first kappa shape index (κ1) is 18.8. The fourth-order valence-electron chi connectivity index (χ4n) is 3.65. The van der Waals surface area contributed by atoms with E-state index in [2.05, 4.69) is 4.99 Å². The highest BCUT2D eigenvalue weighted by Crippen LogP contribution is 2.44. The molecule has 1 amide bonds. The Kier molecular flexibility index (Phi) is 4.49. The summed E-state index contributed by atoms with van der Waals surface area (Å²) in [6.07, 6.45) is 0. The van der Waals surface area contributed by atoms with Crippen molar-refractivity contribution >= 4 is 50.0 Å². The molecule has 2 fully saturated rings. The Balaban J connectivity index is 1.53. The number of thioether (sulfide) groups is 1. The van der Waals surface area contributed by atoms with Crippen LogP contribution in [0, 0.1) is 0 Å². The lowest BCUT2D eigenvalue weighted by Crippen LogP contribution is -2.37. The monoisotopic (exact) mass is 450 g/mol. The molecular weight excluding hydrogens is 436 g/mol. The predicted molar refractivity (Wildman–Crippen MR) is 112 cm³/mol. The number of carbonyl (C=O) groups is 1. The Morgan fingerprint density at radius 3 is 2.66 bits per heavy atom. The summed E-state index contributed by atoms with van der Waals surface area (Å²) in [4.78, 5) is 18.8. The highest BCUT2D eigenvalue weighted by molar-refractivity contribution is 8.16. The molecule has 0 aromatic heterocycles. The highest BCUT2D eigenvalue weighted by atomic mass is 35.5. The summed E-state index contributed by atoms with van der Waals surface area (Å²) < 4.78 is 35.2. The molecule has 0 radical (unpaired) electrons. The van der Waals surface area contributed by atoms with Crippen molar-refractivity contribution in [2.45, 2.75) is 11.3 Å². The maximum absolute atomic E-state index is 12.7. The summed E-state index contributed by atoms with van der Waals surface area (Å²) in [7, 11) is -3.14. The molecule has 3 aliphatic rings. The minimum atomic E-state index is -3.14. The maximum atomic E-state index is 12.7. The van der Waals surface area contributed by atoms with Gasteiger partial charge in [0.05, 0.1) is 17.5 Å². The quantitative estimate of drug-likeness (QED) is 0.695. The Morgan fingerprint density at radius 2 is 1.86 bits per heavy atom. The number of fused-ring (bicyclic) bond motifs is 2. The Hall–Kier alpha value is -2.23. The van der Waals surface area contributed by atoms with Gasteiger partial charge in [-0.3, -0.25) is 4.79 Å². The second-order valence-corrected chi connectivity index (χ2v) is 10.7. The van der Waals surface area contributed by atoms with E-state index in [0.29, 0.717) is 32.9 Å². The van der Waals surface area contributed by atoms with Crippen LogP contribution in [0.5, 0.6) is 11.5 Å². The lowest BCUT2D eigenvalue weighted by atomic mass is 10.2. The zero-order valence-electron chi connectivity index (χ0n) is 14.9. The van der Waals surface area contributed by atoms with Gasteiger partial charge in [0.2, 0.25) is 6.79 Å². The normalized spacial score (nSPS) is 25.4. The van der Waals surface area contributed by atoms with Crippen molar-refractivity contribution in [2.24, 2.45) is 4.99 Å². The molecule has 3 heterocycles. The number of carbonyl (C=O) groups excluding carboxylic acids is 1. The van der Waals surface area contributed by atoms with Gasteiger partial charge in [-0.15, -0.1) is 0 Å². The smallest absolute Gasteiger partial charge is 0.279 e. The number of sulfone groups is 1. The third-order valence-electron chi connectivity index (χ3n) is 4.99. The number of amidine groups is 1. The number of rotatable bonds is 2. The van der Waals surface area contributed by atoms with E-state index in [-0.39, 0.29) is 29.6 Å². The molecule has 29 heavy (non-hydrogen) atoms. The number of ether oxygens (including phenoxy) is 2. The van der Waals surface area contributed by atoms with Crippen molar-refractivity contribution in [2.75, 3.05) is 23.2 Å². The number of anilines is 1. The van der Waals surface area contributed by atoms with Crippen LogP contribution in [-0.2, 0) is 9.84 Å². The van der Waals surface area contributed by atoms with Gasteiger partial charge in [-0.25, -0.2) is 8.42 Å². The van der Waals surface area contributed by atoms with E-state index in [4.69, 9.17) is 21.1 Å². The number of aliphatic imine (C=N–C) groups is 1. The van der Waals surface area contributed by atoms with Gasteiger partial charge in [-0.05, 0) is 36.4 Å². The third kappa shape index (κ3) is 3.47. The molecule has 150 valence electrons. The van der Waals surface area contributed by atoms with Crippen LogP contribution in [0.4, 0.5) is 5.69 Å². The van der Waals surface area contributed by atoms with Crippen LogP contribution in [0.1, 0.15) is 10.4 Å². The van der Waals surface area contributed by atoms with Crippen molar-refractivity contribution in [3.8, 4) is 11.5 Å². The third-order valence-corrected chi connectivity index (χ3v) is 8.45. The minimum absolute atomic E-state index is 0.0211. The molecule has 0 aliphatic carbocycles. The van der Waals surface area contributed by atoms with Gasteiger partial charge >= 0.3 is 0 Å². The first-order valence-corrected chi connectivity index (χ1v) is 11.9. The van der Waals surface area contributed by atoms with Crippen molar-refractivity contribution in [1.29, 1.82) is 0 Å². The summed E-state index contributed by atoms with van der Waals surface area (Å²) >= 11 is 7.21. The Labute approximate surface area is 176 Å². The minimum Gasteiger partial charge on any atom is -0.454 e. The number of hydrogen-bond donors (Lipinski definition) is 0. The standard InChI is InChI=1S/C19H15ClN2O5S2/c20-12-3-1-11(2-4-12)18(23)21-19-22(14-8-29(24,25)9-17(14)28-19)13-5-6-15-16(7-13)27-10-26-15/h1-7,14,17H,8-10H2/t14-,17-/m0/s1. The maximum Gasteiger partial charge on any atom is 0.279 e. The predicted octanol–water partition coefficient (Wildman–Crippen LogP) is 2.98. The largest absolute Gasteiger partial charge is 0.454 e. The van der Waals surface area contributed by atoms with Crippen molar-refractivity contribution < 1.29 is 22.7 Å². The van der Waals surface area contributed by atoms with Crippen molar-refractivity contribution in [3.05, 3.63) is 53.1 Å². The zero-order valence-corrected chi connectivity index (χ0v) is 17.3. The molecule has 7 nitrogen and oxygen atoms in total. The fourth-order valence-corrected chi connectivity index (χ4v) is 7.68. The van der Waals surface area contributed by atoms with E-state index in [1.807, 2.05) is 11.0 Å². The van der Waals surface area contributed by atoms with E-state index in [1.165, 1.54) is 11.8 Å². The van der Waals surface area contributed by atoms with Gasteiger partial charge in [0.25, 0.3) is 5.91 Å². The lowest BCUT2D eigenvalue weighted by molar-refractivity contribution is 0.100. The molecule has 3 aliphatic heterocycles. The van der Waals surface area contributed by atoms with Gasteiger partial charge in [0, 0.05) is 27.6 Å². The number of nitrogens with zero attached hydrogens (tertiary/aromatic N) is 2. The number of halogens is 1. The molecule has 0 N–H and O–H groups in total. The first-order chi connectivity index (χ1) is 13.9. The number of amides is 1. The van der Waals surface area contributed by atoms with Gasteiger partial charge in [0.15, 0.2) is 26.5 Å². The topological polar surface area (TPSA) is 85.3 Å². The van der Waals surface area contributed by atoms with Crippen molar-refractivity contribution in [1.82, 2.24) is 0 Å². The Morgan fingerprint density at radius 1 is 1.10 bits per heavy atom. The van der Waals surface area contributed by atoms with Crippen LogP contribution < -0.4 is 14.4 Å².